The van der Waals surface area contributed by atoms with Gasteiger partial charge in [0.1, 0.15) is 0 Å². The topological polar surface area (TPSA) is 66.5 Å². The fourth-order valence-corrected chi connectivity index (χ4v) is 4.54. The maximum atomic E-state index is 12.6. The van der Waals surface area contributed by atoms with E-state index in [9.17, 15) is 13.2 Å². The average Bonchev–Trinajstić information content (AvgIpc) is 2.54. The van der Waals surface area contributed by atoms with Gasteiger partial charge in [-0.05, 0) is 35.7 Å². The fraction of sp³-hybridized carbons (Fsp3) is 0.353. The third kappa shape index (κ3) is 3.79. The summed E-state index contributed by atoms with van der Waals surface area (Å²) < 4.78 is 25.7. The lowest BCUT2D eigenvalue weighted by atomic mass is 10.0. The Hall–Kier alpha value is -1.44. The van der Waals surface area contributed by atoms with Crippen LogP contribution in [0.15, 0.2) is 40.9 Å². The molecule has 3 rings (SSSR count). The van der Waals surface area contributed by atoms with E-state index in [0.717, 1.165) is 28.1 Å². The predicted molar refractivity (Wildman–Crippen MR) is 98.6 cm³/mol. The van der Waals surface area contributed by atoms with Gasteiger partial charge in [0.2, 0.25) is 10.0 Å². The Morgan fingerprint density at radius 3 is 2.79 bits per heavy atom. The van der Waals surface area contributed by atoms with Crippen LogP contribution in [0, 0.1) is 0 Å². The van der Waals surface area contributed by atoms with Gasteiger partial charge in [-0.25, -0.2) is 12.7 Å². The number of sulfonamides is 1. The lowest BCUT2D eigenvalue weighted by molar-refractivity contribution is 0.0921. The number of amides is 1. The molecule has 0 spiro atoms. The number of rotatable bonds is 3. The first-order valence-electron chi connectivity index (χ1n) is 7.79. The SMILES string of the molecule is CS(=O)(=O)N1CCCC(NC(=O)c2cc(Br)c3ccccc3c2)C1. The number of hydrogen-bond acceptors (Lipinski definition) is 3. The summed E-state index contributed by atoms with van der Waals surface area (Å²) in [5.74, 6) is -0.179. The Balaban J connectivity index is 1.78. The lowest BCUT2D eigenvalue weighted by Crippen LogP contribution is -2.49. The molecule has 1 aliphatic heterocycles. The van der Waals surface area contributed by atoms with Crippen molar-refractivity contribution in [2.75, 3.05) is 19.3 Å². The number of carbonyl (C=O) groups excluding carboxylic acids is 1. The quantitative estimate of drug-likeness (QED) is 0.845. The zero-order valence-corrected chi connectivity index (χ0v) is 15.7. The van der Waals surface area contributed by atoms with Gasteiger partial charge in [-0.15, -0.1) is 0 Å². The van der Waals surface area contributed by atoms with Gasteiger partial charge in [-0.1, -0.05) is 40.2 Å². The van der Waals surface area contributed by atoms with Crippen LogP contribution >= 0.6 is 15.9 Å². The molecule has 1 heterocycles. The van der Waals surface area contributed by atoms with E-state index >= 15 is 0 Å². The largest absolute Gasteiger partial charge is 0.348 e. The molecular formula is C17H19BrN2O3S. The molecule has 24 heavy (non-hydrogen) atoms. The van der Waals surface area contributed by atoms with Gasteiger partial charge >= 0.3 is 0 Å². The summed E-state index contributed by atoms with van der Waals surface area (Å²) >= 11 is 3.51. The predicted octanol–water partition coefficient (Wildman–Crippen LogP) is 2.76. The van der Waals surface area contributed by atoms with Crippen LogP contribution in [0.5, 0.6) is 0 Å². The zero-order chi connectivity index (χ0) is 17.3. The van der Waals surface area contributed by atoms with Crippen molar-refractivity contribution in [3.05, 3.63) is 46.4 Å². The van der Waals surface area contributed by atoms with Crippen LogP contribution in [0.1, 0.15) is 23.2 Å². The standard InChI is InChI=1S/C17H19BrN2O3S/c1-24(22,23)20-8-4-6-14(11-20)19-17(21)13-9-12-5-2-3-7-15(12)16(18)10-13/h2-3,5,7,9-10,14H,4,6,8,11H2,1H3,(H,19,21). The zero-order valence-electron chi connectivity index (χ0n) is 13.3. The summed E-state index contributed by atoms with van der Waals surface area (Å²) in [7, 11) is -3.22. The van der Waals surface area contributed by atoms with Crippen molar-refractivity contribution in [1.82, 2.24) is 9.62 Å². The van der Waals surface area contributed by atoms with Gasteiger partial charge in [0.05, 0.1) is 6.26 Å². The monoisotopic (exact) mass is 410 g/mol. The van der Waals surface area contributed by atoms with Crippen LogP contribution in [0.3, 0.4) is 0 Å². The van der Waals surface area contributed by atoms with Crippen LogP contribution in [0.4, 0.5) is 0 Å². The van der Waals surface area contributed by atoms with Gasteiger partial charge in [0.15, 0.2) is 0 Å². The van der Waals surface area contributed by atoms with E-state index in [4.69, 9.17) is 0 Å². The lowest BCUT2D eigenvalue weighted by Gasteiger charge is -2.31. The van der Waals surface area contributed by atoms with Crippen molar-refractivity contribution < 1.29 is 13.2 Å². The van der Waals surface area contributed by atoms with E-state index in [2.05, 4.69) is 21.2 Å². The normalized spacial score (nSPS) is 19.3. The third-order valence-electron chi connectivity index (χ3n) is 4.26. The summed E-state index contributed by atoms with van der Waals surface area (Å²) in [6.07, 6.45) is 2.74. The average molecular weight is 411 g/mol. The number of piperidine rings is 1. The summed E-state index contributed by atoms with van der Waals surface area (Å²) in [5.41, 5.74) is 0.567. The second kappa shape index (κ2) is 6.82. The van der Waals surface area contributed by atoms with Crippen molar-refractivity contribution >= 4 is 42.6 Å². The first-order valence-corrected chi connectivity index (χ1v) is 10.4. The molecule has 0 bridgehead atoms. The molecule has 2 aromatic rings. The van der Waals surface area contributed by atoms with Gasteiger partial charge in [-0.3, -0.25) is 4.79 Å². The smallest absolute Gasteiger partial charge is 0.251 e. The Morgan fingerprint density at radius 2 is 2.04 bits per heavy atom. The molecule has 0 aromatic heterocycles. The molecule has 0 saturated carbocycles. The molecule has 2 aromatic carbocycles. The Kier molecular flexibility index (Phi) is 4.94. The van der Waals surface area contributed by atoms with Crippen molar-refractivity contribution in [3.63, 3.8) is 0 Å². The maximum Gasteiger partial charge on any atom is 0.251 e. The molecule has 0 radical (unpaired) electrons. The van der Waals surface area contributed by atoms with E-state index in [1.54, 1.807) is 6.07 Å². The van der Waals surface area contributed by atoms with E-state index in [1.165, 1.54) is 10.6 Å². The van der Waals surface area contributed by atoms with Crippen molar-refractivity contribution in [2.45, 2.75) is 18.9 Å². The Bertz CT molecular complexity index is 883. The number of fused-ring (bicyclic) bond motifs is 1. The molecule has 1 fully saturated rings. The highest BCUT2D eigenvalue weighted by atomic mass is 79.9. The third-order valence-corrected chi connectivity index (χ3v) is 6.19. The second-order valence-electron chi connectivity index (χ2n) is 6.11. The highest BCUT2D eigenvalue weighted by Gasteiger charge is 2.27. The molecule has 1 amide bonds. The molecule has 0 aliphatic carbocycles. The summed E-state index contributed by atoms with van der Waals surface area (Å²) in [6.45, 7) is 0.853. The summed E-state index contributed by atoms with van der Waals surface area (Å²) in [4.78, 5) is 12.6. The second-order valence-corrected chi connectivity index (χ2v) is 8.95. The maximum absolute atomic E-state index is 12.6. The van der Waals surface area contributed by atoms with Crippen LogP contribution in [0.2, 0.25) is 0 Å². The molecule has 1 aliphatic rings. The van der Waals surface area contributed by atoms with Crippen LogP contribution in [-0.4, -0.2) is 44.0 Å². The van der Waals surface area contributed by atoms with Gasteiger partial charge < -0.3 is 5.32 Å². The molecule has 1 N–H and O–H groups in total. The summed E-state index contributed by atoms with van der Waals surface area (Å²) in [6, 6.07) is 11.3. The first-order chi connectivity index (χ1) is 11.3. The van der Waals surface area contributed by atoms with Crippen LogP contribution in [0.25, 0.3) is 10.8 Å². The Morgan fingerprint density at radius 1 is 1.29 bits per heavy atom. The first kappa shape index (κ1) is 17.4. The number of halogens is 1. The molecule has 1 atom stereocenters. The van der Waals surface area contributed by atoms with E-state index < -0.39 is 10.0 Å². The van der Waals surface area contributed by atoms with Crippen LogP contribution in [-0.2, 0) is 10.0 Å². The number of nitrogens with zero attached hydrogens (tertiary/aromatic N) is 1. The minimum absolute atomic E-state index is 0.161. The molecule has 1 saturated heterocycles. The van der Waals surface area contributed by atoms with Crippen molar-refractivity contribution in [2.24, 2.45) is 0 Å². The highest BCUT2D eigenvalue weighted by Crippen LogP contribution is 2.26. The Labute approximate surface area is 150 Å². The van der Waals surface area contributed by atoms with Crippen molar-refractivity contribution in [1.29, 1.82) is 0 Å². The van der Waals surface area contributed by atoms with E-state index in [1.807, 2.05) is 30.3 Å². The molecule has 128 valence electrons. The van der Waals surface area contributed by atoms with Crippen LogP contribution < -0.4 is 5.32 Å². The number of nitrogens with one attached hydrogen (secondary N) is 1. The van der Waals surface area contributed by atoms with Gasteiger partial charge in [-0.2, -0.15) is 0 Å². The van der Waals surface area contributed by atoms with Gasteiger partial charge in [0, 0.05) is 29.2 Å². The molecule has 1 unspecified atom stereocenters. The summed E-state index contributed by atoms with van der Waals surface area (Å²) in [5, 5.41) is 5.00. The number of benzene rings is 2. The number of carbonyl (C=O) groups is 1. The molecule has 5 nitrogen and oxygen atoms in total. The molecular weight excluding hydrogens is 392 g/mol. The van der Waals surface area contributed by atoms with E-state index in [0.29, 0.717) is 18.7 Å². The molecule has 7 heteroatoms. The fourth-order valence-electron chi connectivity index (χ4n) is 3.03. The number of hydrogen-bond donors (Lipinski definition) is 1. The minimum atomic E-state index is -3.22. The van der Waals surface area contributed by atoms with Gasteiger partial charge in [0.25, 0.3) is 5.91 Å². The highest BCUT2D eigenvalue weighted by molar-refractivity contribution is 9.10. The van der Waals surface area contributed by atoms with E-state index in [-0.39, 0.29) is 11.9 Å². The van der Waals surface area contributed by atoms with Crippen molar-refractivity contribution in [3.8, 4) is 0 Å². The minimum Gasteiger partial charge on any atom is -0.348 e.